The Labute approximate surface area is 135 Å². The fourth-order valence-corrected chi connectivity index (χ4v) is 3.92. The van der Waals surface area contributed by atoms with Crippen LogP contribution in [0.5, 0.6) is 0 Å². The second-order valence-corrected chi connectivity index (χ2v) is 6.99. The number of nitrogens with one attached hydrogen (secondary N) is 1. The van der Waals surface area contributed by atoms with Gasteiger partial charge in [0.25, 0.3) is 0 Å². The van der Waals surface area contributed by atoms with E-state index in [1.165, 1.54) is 37.2 Å². The molecule has 0 fully saturated rings. The first kappa shape index (κ1) is 16.2. The van der Waals surface area contributed by atoms with E-state index in [1.807, 2.05) is 12.3 Å². The number of nitrogens with two attached hydrogens (primary N) is 1. The molecule has 3 N–H and O–H groups in total. The van der Waals surface area contributed by atoms with Gasteiger partial charge >= 0.3 is 0 Å². The second kappa shape index (κ2) is 7.75. The zero-order valence-electron chi connectivity index (χ0n) is 13.0. The molecule has 21 heavy (non-hydrogen) atoms. The molecule has 2 aromatic heterocycles. The highest BCUT2D eigenvalue weighted by Crippen LogP contribution is 2.38. The summed E-state index contributed by atoms with van der Waals surface area (Å²) >= 11 is 3.06. The molecule has 2 aromatic rings. The number of rotatable bonds is 8. The van der Waals surface area contributed by atoms with E-state index in [2.05, 4.69) is 28.5 Å². The molecule has 4 nitrogen and oxygen atoms in total. The Morgan fingerprint density at radius 2 is 2.19 bits per heavy atom. The lowest BCUT2D eigenvalue weighted by Crippen LogP contribution is -2.13. The molecule has 1 atom stereocenters. The van der Waals surface area contributed by atoms with Gasteiger partial charge < -0.3 is 11.1 Å². The Hall–Kier alpha value is -1.14. The van der Waals surface area contributed by atoms with Crippen molar-refractivity contribution in [2.75, 3.05) is 17.6 Å². The average molecular weight is 325 g/mol. The van der Waals surface area contributed by atoms with Crippen molar-refractivity contribution in [1.82, 2.24) is 9.36 Å². The van der Waals surface area contributed by atoms with Gasteiger partial charge in [0.05, 0.1) is 5.56 Å². The average Bonchev–Trinajstić information content (AvgIpc) is 3.05. The first-order valence-corrected chi connectivity index (χ1v) is 9.22. The minimum Gasteiger partial charge on any atom is -0.382 e. The second-order valence-electron chi connectivity index (χ2n) is 5.36. The number of hydrogen-bond acceptors (Lipinski definition) is 6. The van der Waals surface area contributed by atoms with Crippen molar-refractivity contribution in [2.45, 2.75) is 46.5 Å². The van der Waals surface area contributed by atoms with Gasteiger partial charge in [-0.05, 0) is 30.8 Å². The van der Waals surface area contributed by atoms with Crippen molar-refractivity contribution in [3.8, 4) is 10.6 Å². The summed E-state index contributed by atoms with van der Waals surface area (Å²) < 4.78 is 4.29. The van der Waals surface area contributed by atoms with Crippen LogP contribution in [0.3, 0.4) is 0 Å². The summed E-state index contributed by atoms with van der Waals surface area (Å²) in [5.41, 5.74) is 8.03. The number of unbranched alkanes of at least 4 members (excludes halogenated alkanes) is 1. The molecule has 0 saturated heterocycles. The largest absolute Gasteiger partial charge is 0.382 e. The molecule has 0 aliphatic rings. The molecular weight excluding hydrogens is 300 g/mol. The van der Waals surface area contributed by atoms with Gasteiger partial charge in [0.1, 0.15) is 15.8 Å². The summed E-state index contributed by atoms with van der Waals surface area (Å²) in [5, 5.41) is 7.61. The molecule has 0 amide bonds. The molecule has 0 radical (unpaired) electrons. The number of anilines is 2. The maximum Gasteiger partial charge on any atom is 0.149 e. The molecule has 116 valence electrons. The van der Waals surface area contributed by atoms with E-state index in [-0.39, 0.29) is 0 Å². The number of aryl methyl sites for hydroxylation is 1. The Kier molecular flexibility index (Phi) is 5.99. The van der Waals surface area contributed by atoms with Crippen molar-refractivity contribution < 1.29 is 0 Å². The Bertz CT molecular complexity index is 562. The Morgan fingerprint density at radius 1 is 1.38 bits per heavy atom. The van der Waals surface area contributed by atoms with Gasteiger partial charge in [-0.1, -0.05) is 33.1 Å². The lowest BCUT2D eigenvalue weighted by atomic mass is 9.99. The van der Waals surface area contributed by atoms with Crippen LogP contribution in [-0.2, 0) is 0 Å². The standard InChI is InChI=1S/C15H24N4S2/c1-4-6-7-11(5-2)8-17-14-12(13(16)19-21-14)15-18-10(3)9-20-15/h9,11,17H,4-8H2,1-3H3,(H2,16,19). The van der Waals surface area contributed by atoms with Crippen molar-refractivity contribution >= 4 is 33.7 Å². The van der Waals surface area contributed by atoms with Gasteiger partial charge in [0.15, 0.2) is 0 Å². The van der Waals surface area contributed by atoms with E-state index < -0.39 is 0 Å². The van der Waals surface area contributed by atoms with E-state index in [0.717, 1.165) is 27.8 Å². The topological polar surface area (TPSA) is 63.8 Å². The predicted molar refractivity (Wildman–Crippen MR) is 94.2 cm³/mol. The highest BCUT2D eigenvalue weighted by Gasteiger charge is 2.17. The number of thiazole rings is 1. The van der Waals surface area contributed by atoms with Crippen molar-refractivity contribution in [3.63, 3.8) is 0 Å². The fourth-order valence-electron chi connectivity index (χ4n) is 2.28. The Morgan fingerprint density at radius 3 is 2.81 bits per heavy atom. The van der Waals surface area contributed by atoms with Crippen molar-refractivity contribution in [3.05, 3.63) is 11.1 Å². The van der Waals surface area contributed by atoms with E-state index in [4.69, 9.17) is 5.73 Å². The Balaban J connectivity index is 2.07. The number of hydrogen-bond donors (Lipinski definition) is 2. The molecule has 0 aliphatic heterocycles. The number of aromatic nitrogens is 2. The molecule has 0 bridgehead atoms. The summed E-state index contributed by atoms with van der Waals surface area (Å²) in [4.78, 5) is 4.54. The summed E-state index contributed by atoms with van der Waals surface area (Å²) in [5.74, 6) is 1.29. The molecular formula is C15H24N4S2. The van der Waals surface area contributed by atoms with Crippen molar-refractivity contribution in [2.24, 2.45) is 5.92 Å². The van der Waals surface area contributed by atoms with Crippen LogP contribution in [-0.4, -0.2) is 15.9 Å². The number of nitrogens with zero attached hydrogens (tertiary/aromatic N) is 2. The van der Waals surface area contributed by atoms with E-state index in [1.54, 1.807) is 11.3 Å². The molecule has 0 spiro atoms. The molecule has 2 rings (SSSR count). The normalized spacial score (nSPS) is 12.5. The first-order valence-electron chi connectivity index (χ1n) is 7.57. The highest BCUT2D eigenvalue weighted by molar-refractivity contribution is 7.15. The summed E-state index contributed by atoms with van der Waals surface area (Å²) in [6.07, 6.45) is 5.03. The smallest absolute Gasteiger partial charge is 0.149 e. The van der Waals surface area contributed by atoms with Gasteiger partial charge in [-0.3, -0.25) is 0 Å². The van der Waals surface area contributed by atoms with Gasteiger partial charge in [0, 0.05) is 17.6 Å². The highest BCUT2D eigenvalue weighted by atomic mass is 32.1. The number of nitrogen functional groups attached to an aromatic ring is 1. The summed E-state index contributed by atoms with van der Waals surface area (Å²) in [6.45, 7) is 7.48. The first-order chi connectivity index (χ1) is 10.2. The maximum atomic E-state index is 6.03. The zero-order chi connectivity index (χ0) is 15.2. The predicted octanol–water partition coefficient (Wildman–Crippen LogP) is 4.79. The van der Waals surface area contributed by atoms with Crippen LogP contribution in [0.4, 0.5) is 10.8 Å². The van der Waals surface area contributed by atoms with E-state index >= 15 is 0 Å². The molecule has 0 aromatic carbocycles. The lowest BCUT2D eigenvalue weighted by Gasteiger charge is -2.15. The van der Waals surface area contributed by atoms with Crippen LogP contribution in [0.25, 0.3) is 10.6 Å². The van der Waals surface area contributed by atoms with Crippen LogP contribution in [0.2, 0.25) is 0 Å². The van der Waals surface area contributed by atoms with Gasteiger partial charge in [0.2, 0.25) is 0 Å². The third-order valence-electron chi connectivity index (χ3n) is 3.65. The third kappa shape index (κ3) is 4.17. The van der Waals surface area contributed by atoms with Crippen LogP contribution in [0.15, 0.2) is 5.38 Å². The summed E-state index contributed by atoms with van der Waals surface area (Å²) in [7, 11) is 0. The SMILES string of the molecule is CCCCC(CC)CNc1snc(N)c1-c1nc(C)cs1. The van der Waals surface area contributed by atoms with Crippen molar-refractivity contribution in [1.29, 1.82) is 0 Å². The van der Waals surface area contributed by atoms with Crippen LogP contribution < -0.4 is 11.1 Å². The van der Waals surface area contributed by atoms with Gasteiger partial charge in [-0.15, -0.1) is 11.3 Å². The molecule has 0 saturated carbocycles. The van der Waals surface area contributed by atoms with Gasteiger partial charge in [-0.2, -0.15) is 4.37 Å². The maximum absolute atomic E-state index is 6.03. The minimum atomic E-state index is 0.582. The summed E-state index contributed by atoms with van der Waals surface area (Å²) in [6, 6.07) is 0. The zero-order valence-corrected chi connectivity index (χ0v) is 14.6. The third-order valence-corrected chi connectivity index (χ3v) is 5.44. The van der Waals surface area contributed by atoms with Crippen LogP contribution in [0, 0.1) is 12.8 Å². The van der Waals surface area contributed by atoms with Gasteiger partial charge in [-0.25, -0.2) is 4.98 Å². The molecule has 0 aliphatic carbocycles. The van der Waals surface area contributed by atoms with Crippen LogP contribution >= 0.6 is 22.9 Å². The monoisotopic (exact) mass is 324 g/mol. The molecule has 2 heterocycles. The molecule has 6 heteroatoms. The van der Waals surface area contributed by atoms with E-state index in [0.29, 0.717) is 11.7 Å². The quantitative estimate of drug-likeness (QED) is 0.733. The fraction of sp³-hybridized carbons (Fsp3) is 0.600. The van der Waals surface area contributed by atoms with E-state index in [9.17, 15) is 0 Å². The van der Waals surface area contributed by atoms with Crippen LogP contribution in [0.1, 0.15) is 45.2 Å². The molecule has 1 unspecified atom stereocenters. The minimum absolute atomic E-state index is 0.582. The lowest BCUT2D eigenvalue weighted by molar-refractivity contribution is 0.473.